The van der Waals surface area contributed by atoms with Gasteiger partial charge in [0.2, 0.25) is 0 Å². The second-order valence-electron chi connectivity index (χ2n) is 8.39. The van der Waals surface area contributed by atoms with E-state index in [1.54, 1.807) is 18.7 Å². The molecule has 9 heteroatoms. The average Bonchev–Trinajstić information content (AvgIpc) is 3.33. The SMILES string of the molecule is CC(O)C1C(=O)C2C(C(=O)O)=C(SC3CNC(C4NC(CO)CS4)C3)C(C)C21. The molecule has 0 amide bonds. The molecule has 5 N–H and O–H groups in total. The van der Waals surface area contributed by atoms with E-state index in [0.717, 1.165) is 23.6 Å². The van der Waals surface area contributed by atoms with Gasteiger partial charge in [-0.25, -0.2) is 4.79 Å². The van der Waals surface area contributed by atoms with Gasteiger partial charge in [-0.2, -0.15) is 0 Å². The van der Waals surface area contributed by atoms with Crippen LogP contribution in [0.4, 0.5) is 0 Å². The number of carboxylic acids is 1. The molecule has 0 bridgehead atoms. The number of thioether (sulfide) groups is 2. The number of carbonyl (C=O) groups excluding carboxylic acids is 1. The quantitative estimate of drug-likeness (QED) is 0.406. The fraction of sp³-hybridized carbons (Fsp3) is 0.789. The lowest BCUT2D eigenvalue weighted by Crippen LogP contribution is -2.53. The van der Waals surface area contributed by atoms with E-state index in [0.29, 0.717) is 0 Å². The highest BCUT2D eigenvalue weighted by Crippen LogP contribution is 2.58. The number of allylic oxidation sites excluding steroid dienone is 1. The summed E-state index contributed by atoms with van der Waals surface area (Å²) < 4.78 is 0. The highest BCUT2D eigenvalue weighted by atomic mass is 32.2. The van der Waals surface area contributed by atoms with Gasteiger partial charge in [-0.15, -0.1) is 23.5 Å². The summed E-state index contributed by atoms with van der Waals surface area (Å²) in [5, 5.41) is 36.6. The van der Waals surface area contributed by atoms with Crippen LogP contribution in [0, 0.1) is 23.7 Å². The van der Waals surface area contributed by atoms with Crippen LogP contribution in [0.2, 0.25) is 0 Å². The highest BCUT2D eigenvalue weighted by molar-refractivity contribution is 8.03. The minimum Gasteiger partial charge on any atom is -0.478 e. The number of aliphatic hydroxyl groups is 2. The second kappa shape index (κ2) is 7.92. The molecule has 0 spiro atoms. The molecule has 7 nitrogen and oxygen atoms in total. The van der Waals surface area contributed by atoms with Crippen molar-refractivity contribution in [1.82, 2.24) is 10.6 Å². The minimum absolute atomic E-state index is 0.0183. The number of Topliss-reactive ketones (excluding diaryl/α,β-unsaturated/α-hetero) is 1. The Morgan fingerprint density at radius 3 is 2.79 bits per heavy atom. The van der Waals surface area contributed by atoms with Gasteiger partial charge in [0.25, 0.3) is 0 Å². The Bertz CT molecular complexity index is 700. The third-order valence-electron chi connectivity index (χ3n) is 6.63. The van der Waals surface area contributed by atoms with E-state index in [9.17, 15) is 24.9 Å². The number of rotatable bonds is 6. The van der Waals surface area contributed by atoms with Crippen molar-refractivity contribution in [3.8, 4) is 0 Å². The molecule has 28 heavy (non-hydrogen) atoms. The van der Waals surface area contributed by atoms with Gasteiger partial charge in [-0.1, -0.05) is 6.92 Å². The van der Waals surface area contributed by atoms with Crippen LogP contribution in [-0.2, 0) is 9.59 Å². The second-order valence-corrected chi connectivity index (χ2v) is 10.9. The van der Waals surface area contributed by atoms with E-state index in [2.05, 4.69) is 10.6 Å². The molecule has 4 rings (SSSR count). The Labute approximate surface area is 173 Å². The molecule has 2 aliphatic carbocycles. The number of fused-ring (bicyclic) bond motifs is 1. The molecular weight excluding hydrogens is 400 g/mol. The molecule has 2 saturated heterocycles. The van der Waals surface area contributed by atoms with Crippen molar-refractivity contribution in [2.75, 3.05) is 18.9 Å². The molecule has 0 radical (unpaired) electrons. The van der Waals surface area contributed by atoms with Gasteiger partial charge in [0.05, 0.1) is 29.6 Å². The van der Waals surface area contributed by atoms with Crippen LogP contribution < -0.4 is 10.6 Å². The number of aliphatic hydroxyl groups excluding tert-OH is 2. The Hall–Kier alpha value is -0.580. The van der Waals surface area contributed by atoms with Gasteiger partial charge in [-0.3, -0.25) is 10.1 Å². The summed E-state index contributed by atoms with van der Waals surface area (Å²) in [5.41, 5.74) is 0.265. The minimum atomic E-state index is -0.999. The van der Waals surface area contributed by atoms with E-state index in [-0.39, 0.29) is 52.5 Å². The zero-order valence-electron chi connectivity index (χ0n) is 16.0. The number of aliphatic carboxylic acids is 1. The predicted molar refractivity (Wildman–Crippen MR) is 109 cm³/mol. The first-order valence-electron chi connectivity index (χ1n) is 9.91. The van der Waals surface area contributed by atoms with Gasteiger partial charge < -0.3 is 20.6 Å². The summed E-state index contributed by atoms with van der Waals surface area (Å²) in [7, 11) is 0. The van der Waals surface area contributed by atoms with Crippen molar-refractivity contribution in [3.05, 3.63) is 10.5 Å². The molecule has 1 saturated carbocycles. The smallest absolute Gasteiger partial charge is 0.333 e. The fourth-order valence-electron chi connectivity index (χ4n) is 5.27. The van der Waals surface area contributed by atoms with E-state index in [1.165, 1.54) is 0 Å². The lowest BCUT2D eigenvalue weighted by atomic mass is 9.59. The molecule has 3 fully saturated rings. The van der Waals surface area contributed by atoms with Crippen LogP contribution in [0.1, 0.15) is 20.3 Å². The van der Waals surface area contributed by atoms with Crippen LogP contribution in [0.3, 0.4) is 0 Å². The topological polar surface area (TPSA) is 119 Å². The third-order valence-corrected chi connectivity index (χ3v) is 9.59. The zero-order chi connectivity index (χ0) is 20.2. The van der Waals surface area contributed by atoms with Gasteiger partial charge in [0.15, 0.2) is 0 Å². The van der Waals surface area contributed by atoms with E-state index < -0.39 is 23.9 Å². The van der Waals surface area contributed by atoms with Crippen LogP contribution in [0.15, 0.2) is 10.5 Å². The maximum absolute atomic E-state index is 12.5. The Kier molecular flexibility index (Phi) is 5.85. The molecule has 156 valence electrons. The molecule has 0 aromatic rings. The molecule has 0 aromatic carbocycles. The predicted octanol–water partition coefficient (Wildman–Crippen LogP) is 0.274. The Morgan fingerprint density at radius 2 is 2.18 bits per heavy atom. The van der Waals surface area contributed by atoms with Gasteiger partial charge in [0, 0.05) is 35.5 Å². The largest absolute Gasteiger partial charge is 0.478 e. The third kappa shape index (κ3) is 3.33. The summed E-state index contributed by atoms with van der Waals surface area (Å²) in [6.45, 7) is 4.55. The summed E-state index contributed by atoms with van der Waals surface area (Å²) in [5.74, 6) is -1.34. The number of carbonyl (C=O) groups is 2. The first-order valence-corrected chi connectivity index (χ1v) is 11.8. The van der Waals surface area contributed by atoms with Crippen molar-refractivity contribution < 1.29 is 24.9 Å². The molecular formula is C19H28N2O5S2. The van der Waals surface area contributed by atoms with Gasteiger partial charge in [0.1, 0.15) is 5.78 Å². The number of ketones is 1. The molecule has 9 atom stereocenters. The van der Waals surface area contributed by atoms with Crippen molar-refractivity contribution in [3.63, 3.8) is 0 Å². The summed E-state index contributed by atoms with van der Waals surface area (Å²) >= 11 is 3.42. The summed E-state index contributed by atoms with van der Waals surface area (Å²) in [6.07, 6.45) is 0.178. The van der Waals surface area contributed by atoms with E-state index >= 15 is 0 Å². The lowest BCUT2D eigenvalue weighted by Gasteiger charge is -2.43. The maximum atomic E-state index is 12.5. The first kappa shape index (κ1) is 20.7. The normalized spacial score (nSPS) is 43.9. The Morgan fingerprint density at radius 1 is 1.43 bits per heavy atom. The van der Waals surface area contributed by atoms with Crippen molar-refractivity contribution >= 4 is 35.3 Å². The number of nitrogens with one attached hydrogen (secondary N) is 2. The highest BCUT2D eigenvalue weighted by Gasteiger charge is 2.61. The van der Waals surface area contributed by atoms with Crippen molar-refractivity contribution in [2.24, 2.45) is 23.7 Å². The zero-order valence-corrected chi connectivity index (χ0v) is 17.6. The fourth-order valence-corrected chi connectivity index (χ4v) is 8.20. The number of hydrogen-bond donors (Lipinski definition) is 5. The van der Waals surface area contributed by atoms with E-state index in [4.69, 9.17) is 0 Å². The maximum Gasteiger partial charge on any atom is 0.333 e. The average molecular weight is 429 g/mol. The standard InChI is InChI=1S/C19H28N2O5S2/c1-7-12-13(8(2)23)16(24)14(12)15(19(25)26)17(7)28-10-3-11(20-4-10)18-21-9(5-22)6-27-18/h7-14,18,20-23H,3-6H2,1-2H3,(H,25,26). The summed E-state index contributed by atoms with van der Waals surface area (Å²) in [4.78, 5) is 25.3. The van der Waals surface area contributed by atoms with Gasteiger partial charge in [-0.05, 0) is 30.1 Å². The van der Waals surface area contributed by atoms with Crippen LogP contribution in [0.25, 0.3) is 0 Å². The monoisotopic (exact) mass is 428 g/mol. The molecule has 2 aliphatic heterocycles. The van der Waals surface area contributed by atoms with Crippen LogP contribution >= 0.6 is 23.5 Å². The van der Waals surface area contributed by atoms with Crippen LogP contribution in [-0.4, -0.2) is 74.8 Å². The van der Waals surface area contributed by atoms with E-state index in [1.807, 2.05) is 18.7 Å². The lowest BCUT2D eigenvalue weighted by molar-refractivity contribution is -0.151. The first-order chi connectivity index (χ1) is 13.3. The molecule has 2 heterocycles. The Balaban J connectivity index is 1.46. The van der Waals surface area contributed by atoms with Crippen molar-refractivity contribution in [2.45, 2.75) is 49.1 Å². The molecule has 0 aromatic heterocycles. The van der Waals surface area contributed by atoms with Crippen LogP contribution in [0.5, 0.6) is 0 Å². The molecule has 9 unspecified atom stereocenters. The number of hydrogen-bond acceptors (Lipinski definition) is 8. The van der Waals surface area contributed by atoms with Gasteiger partial charge >= 0.3 is 5.97 Å². The number of carboxylic acid groups (broad SMARTS) is 1. The summed E-state index contributed by atoms with van der Waals surface area (Å²) in [6, 6.07) is 0.423. The molecule has 4 aliphatic rings. The van der Waals surface area contributed by atoms with Crippen molar-refractivity contribution in [1.29, 1.82) is 0 Å².